The molecular weight excluding hydrogens is 1390 g/mol. The van der Waals surface area contributed by atoms with Gasteiger partial charge in [-0.15, -0.1) is 5.73 Å². The number of para-hydroxylation sites is 2. The molecule has 2 aromatic heterocycles. The molecule has 4 nitrogen and oxygen atoms in total. The summed E-state index contributed by atoms with van der Waals surface area (Å²) in [4.78, 5) is 5.52. The minimum absolute atomic E-state index is 0.0685. The summed E-state index contributed by atoms with van der Waals surface area (Å²) in [5.41, 5.74) is 48.1. The highest BCUT2D eigenvalue weighted by Gasteiger charge is 2.47. The van der Waals surface area contributed by atoms with Gasteiger partial charge in [-0.3, -0.25) is 0 Å². The van der Waals surface area contributed by atoms with E-state index in [-0.39, 0.29) is 17.4 Å². The van der Waals surface area contributed by atoms with E-state index in [9.17, 15) is 0 Å². The van der Waals surface area contributed by atoms with Crippen LogP contribution in [0.5, 0.6) is 0 Å². The molecule has 6 unspecified atom stereocenters. The van der Waals surface area contributed by atoms with Gasteiger partial charge >= 0.3 is 0 Å². The fourth-order valence-electron chi connectivity index (χ4n) is 24.4. The number of benzene rings is 8. The molecule has 0 saturated carbocycles. The highest BCUT2D eigenvalue weighted by Crippen LogP contribution is 2.59. The molecule has 0 saturated heterocycles. The summed E-state index contributed by atoms with van der Waals surface area (Å²) in [6, 6.07) is 52.8. The number of hydrogen-bond acceptors (Lipinski definition) is 2. The van der Waals surface area contributed by atoms with Crippen molar-refractivity contribution in [3.05, 3.63) is 384 Å². The standard InChI is InChI=1S/C111H92N4/c1-111(2)97-54-47-67-22-6-7-27-80(67)110(97)91-53-46-74(64-98(91)111)68-42-43-70-59-79(51-44-69(70)58-68)114-101-40-18-15-33-87(101)95-62-72(49-57-105(95)114)71-48-56-104-94(61-71)86-32-14-17-39-100(86)113(104)78-26-20-23-76(60-78)81-36-21-37-92-108(81)89-34-10-8-28-82(89)96-66-107(84-30-9-11-35-90(84)109(92)96)115-102-41-19-12-29-83(102)88-52-45-75(65-106(88)115)73-50-55-103-93(63-73)85-31-13-16-38-99(85)112(103)77-24-4-3-5-25-77/h3-5,7-8,10-15,18,20,23-29,31-36,40,42-43,45-54,56-59,62,65-66,70,78,93-94,98,103H,6,9,16-17,19,21-22,30,37-39,41,55,60-61,63-64H2,1-2H3. The first kappa shape index (κ1) is 66.5. The summed E-state index contributed by atoms with van der Waals surface area (Å²) in [5, 5.41) is 9.57. The molecule has 4 heterocycles. The lowest BCUT2D eigenvalue weighted by Crippen LogP contribution is -2.35. The maximum absolute atomic E-state index is 3.86. The van der Waals surface area contributed by atoms with Gasteiger partial charge < -0.3 is 18.9 Å². The topological polar surface area (TPSA) is 16.3 Å². The van der Waals surface area contributed by atoms with Crippen LogP contribution in [0.3, 0.4) is 0 Å². The highest BCUT2D eigenvalue weighted by molar-refractivity contribution is 6.19. The Morgan fingerprint density at radius 1 is 0.487 bits per heavy atom. The van der Waals surface area contributed by atoms with Gasteiger partial charge in [-0.1, -0.05) is 226 Å². The molecule has 4 heteroatoms. The molecule has 0 N–H and O–H groups in total. The van der Waals surface area contributed by atoms with Crippen LogP contribution in [0.15, 0.2) is 317 Å². The first-order valence-electron chi connectivity index (χ1n) is 43.3. The van der Waals surface area contributed by atoms with Gasteiger partial charge in [0.05, 0.1) is 34.0 Å². The van der Waals surface area contributed by atoms with E-state index < -0.39 is 0 Å². The van der Waals surface area contributed by atoms with Gasteiger partial charge in [0.1, 0.15) is 0 Å². The van der Waals surface area contributed by atoms with Crippen molar-refractivity contribution in [2.75, 3.05) is 4.90 Å². The van der Waals surface area contributed by atoms with E-state index in [0.717, 1.165) is 109 Å². The number of nitrogens with zero attached hydrogens (tertiary/aromatic N) is 4. The van der Waals surface area contributed by atoms with Crippen molar-refractivity contribution in [1.82, 2.24) is 14.0 Å². The third kappa shape index (κ3) is 9.91. The normalized spacial score (nSPS) is 24.1. The van der Waals surface area contributed by atoms with E-state index in [4.69, 9.17) is 0 Å². The van der Waals surface area contributed by atoms with Gasteiger partial charge in [-0.05, 0) is 309 Å². The predicted octanol–water partition coefficient (Wildman–Crippen LogP) is 27.1. The van der Waals surface area contributed by atoms with Crippen molar-refractivity contribution >= 4 is 106 Å². The Morgan fingerprint density at radius 2 is 1.24 bits per heavy atom. The van der Waals surface area contributed by atoms with Crippen LogP contribution in [0, 0.1) is 23.7 Å². The summed E-state index contributed by atoms with van der Waals surface area (Å²) in [5.74, 6) is 1.38. The zero-order valence-corrected chi connectivity index (χ0v) is 65.8. The van der Waals surface area contributed by atoms with Gasteiger partial charge in [0.15, 0.2) is 0 Å². The van der Waals surface area contributed by atoms with E-state index in [1.807, 2.05) is 0 Å². The largest absolute Gasteiger partial charge is 0.341 e. The first-order chi connectivity index (χ1) is 56.8. The quantitative estimate of drug-likeness (QED) is 0.111. The van der Waals surface area contributed by atoms with Crippen molar-refractivity contribution in [3.63, 3.8) is 0 Å². The summed E-state index contributed by atoms with van der Waals surface area (Å²) < 4.78 is 5.26. The van der Waals surface area contributed by atoms with Gasteiger partial charge in [0, 0.05) is 85.6 Å². The van der Waals surface area contributed by atoms with Crippen LogP contribution < -0.4 is 4.90 Å². The zero-order chi connectivity index (χ0) is 75.5. The molecule has 0 amide bonds. The first-order valence-corrected chi connectivity index (χ1v) is 43.3. The summed E-state index contributed by atoms with van der Waals surface area (Å²) in [6.07, 6.45) is 77.0. The van der Waals surface area contributed by atoms with Crippen LogP contribution in [0.1, 0.15) is 164 Å². The Bertz CT molecular complexity index is 6830. The van der Waals surface area contributed by atoms with Crippen LogP contribution in [-0.4, -0.2) is 26.1 Å². The third-order valence-electron chi connectivity index (χ3n) is 29.7. The second-order valence-corrected chi connectivity index (χ2v) is 35.8. The monoisotopic (exact) mass is 1480 g/mol. The van der Waals surface area contributed by atoms with Crippen molar-refractivity contribution in [3.8, 4) is 5.69 Å². The van der Waals surface area contributed by atoms with Crippen LogP contribution in [-0.2, 0) is 31.1 Å². The number of aromatic nitrogens is 2. The molecule has 0 fully saturated rings. The van der Waals surface area contributed by atoms with Gasteiger partial charge in [0.2, 0.25) is 0 Å². The molecule has 2 aliphatic heterocycles. The Balaban J connectivity index is 0.523. The Kier molecular flexibility index (Phi) is 14.8. The zero-order valence-electron chi connectivity index (χ0n) is 65.8. The second-order valence-electron chi connectivity index (χ2n) is 35.8. The summed E-state index contributed by atoms with van der Waals surface area (Å²) >= 11 is 0. The average molecular weight is 1480 g/mol. The van der Waals surface area contributed by atoms with Gasteiger partial charge in [-0.2, -0.15) is 0 Å². The number of aryl methyl sites for hydroxylation is 2. The molecule has 8 aromatic carbocycles. The molecule has 556 valence electrons. The average Bonchev–Trinajstić information content (AvgIpc) is 1.15. The second kappa shape index (κ2) is 25.5. The molecule has 25 rings (SSSR count). The SMILES string of the molecule is CC1(C)c2ccc3c(c2C2=CC=C(C4=CC5=C=CC(n6c7ccccc7c7cc(C8=CC=C9C(C8)C8=C(CCC=C8)N9C8C=CC=C(C9=CCCc%10c9c9ccccc9c9cc(-n%11c%12c(c%13ccc(C%14=CCC%15C(C%14)C%14=C(CCC=C%14)N%15c%14ccccc%14)cc%13%11)C=CCC%12)c%11c(c%109)C=CCC%11)C8)ccc76)=CC5C=C4)CC21)C=CCC3. The van der Waals surface area contributed by atoms with E-state index in [1.54, 1.807) is 11.3 Å². The predicted molar refractivity (Wildman–Crippen MR) is 482 cm³/mol. The molecule has 13 aliphatic carbocycles. The highest BCUT2D eigenvalue weighted by atomic mass is 15.2. The maximum Gasteiger partial charge on any atom is 0.0559 e. The van der Waals surface area contributed by atoms with Crippen LogP contribution >= 0.6 is 0 Å². The number of fused-ring (bicyclic) bond motifs is 24. The van der Waals surface area contributed by atoms with E-state index in [0.29, 0.717) is 23.8 Å². The van der Waals surface area contributed by atoms with Gasteiger partial charge in [-0.25, -0.2) is 0 Å². The Hall–Kier alpha value is -11.9. The minimum atomic E-state index is 0.0685. The van der Waals surface area contributed by atoms with E-state index >= 15 is 0 Å². The molecule has 0 bridgehead atoms. The van der Waals surface area contributed by atoms with Crippen LogP contribution in [0.4, 0.5) is 5.69 Å². The van der Waals surface area contributed by atoms with Crippen LogP contribution in [0.25, 0.3) is 106 Å². The molecule has 10 aromatic rings. The summed E-state index contributed by atoms with van der Waals surface area (Å²) in [7, 11) is 0. The van der Waals surface area contributed by atoms with E-state index in [1.165, 1.54) is 200 Å². The van der Waals surface area contributed by atoms with Gasteiger partial charge in [0.25, 0.3) is 0 Å². The van der Waals surface area contributed by atoms with Crippen LogP contribution in [0.2, 0.25) is 0 Å². The maximum atomic E-state index is 3.86. The third-order valence-corrected chi connectivity index (χ3v) is 29.7. The number of anilines is 1. The lowest BCUT2D eigenvalue weighted by molar-refractivity contribution is 0.346. The smallest absolute Gasteiger partial charge is 0.0559 e. The number of hydrogen-bond donors (Lipinski definition) is 0. The molecule has 0 radical (unpaired) electrons. The molecule has 115 heavy (non-hydrogen) atoms. The molecule has 6 atom stereocenters. The van der Waals surface area contributed by atoms with E-state index in [2.05, 4.69) is 318 Å². The van der Waals surface area contributed by atoms with Crippen molar-refractivity contribution < 1.29 is 0 Å². The molecule has 15 aliphatic rings. The van der Waals surface area contributed by atoms with Crippen molar-refractivity contribution in [2.24, 2.45) is 23.7 Å². The summed E-state index contributed by atoms with van der Waals surface area (Å²) in [6.45, 7) is 4.95. The molecule has 0 spiro atoms. The van der Waals surface area contributed by atoms with Crippen molar-refractivity contribution in [1.29, 1.82) is 0 Å². The molecular formula is C111H92N4. The fourth-order valence-corrected chi connectivity index (χ4v) is 24.4. The lowest BCUT2D eigenvalue weighted by Gasteiger charge is -2.36. The number of allylic oxidation sites excluding steroid dienone is 29. The lowest BCUT2D eigenvalue weighted by atomic mass is 9.71. The number of rotatable bonds is 8. The minimum Gasteiger partial charge on any atom is -0.341 e. The Labute approximate surface area is 674 Å². The van der Waals surface area contributed by atoms with Crippen molar-refractivity contribution in [2.45, 2.75) is 141 Å². The fraction of sp³-hybridized carbons (Fsp3) is 0.234. The Morgan fingerprint density at radius 3 is 2.15 bits per heavy atom.